The number of hydrogen-bond donors (Lipinski definition) is 0. The molecule has 2 aromatic carbocycles. The molecule has 3 heteroatoms. The van der Waals surface area contributed by atoms with Crippen LogP contribution >= 0.6 is 27.5 Å². The summed E-state index contributed by atoms with van der Waals surface area (Å²) >= 11 is 10.2. The second-order valence-electron chi connectivity index (χ2n) is 4.63. The van der Waals surface area contributed by atoms with Crippen LogP contribution in [0.2, 0.25) is 0 Å². The molecule has 0 bridgehead atoms. The molecule has 0 aliphatic rings. The molecule has 0 aliphatic heterocycles. The van der Waals surface area contributed by atoms with Crippen molar-refractivity contribution < 1.29 is 4.74 Å². The summed E-state index contributed by atoms with van der Waals surface area (Å²) in [5.74, 6) is 0.819. The van der Waals surface area contributed by atoms with Crippen molar-refractivity contribution in [1.82, 2.24) is 0 Å². The Morgan fingerprint density at radius 1 is 1.00 bits per heavy atom. The van der Waals surface area contributed by atoms with Gasteiger partial charge in [-0.3, -0.25) is 0 Å². The molecule has 0 heterocycles. The van der Waals surface area contributed by atoms with Crippen LogP contribution in [0.1, 0.15) is 27.6 Å². The van der Waals surface area contributed by atoms with Crippen molar-refractivity contribution in [3.8, 4) is 5.75 Å². The molecule has 100 valence electrons. The number of hydrogen-bond acceptors (Lipinski definition) is 1. The molecule has 2 rings (SSSR count). The lowest BCUT2D eigenvalue weighted by molar-refractivity contribution is 0.410. The lowest BCUT2D eigenvalue weighted by Gasteiger charge is -2.17. The van der Waals surface area contributed by atoms with E-state index in [0.29, 0.717) is 0 Å². The number of halogens is 2. The van der Waals surface area contributed by atoms with Crippen LogP contribution in [0.3, 0.4) is 0 Å². The first-order valence-corrected chi connectivity index (χ1v) is 7.30. The molecule has 0 N–H and O–H groups in total. The van der Waals surface area contributed by atoms with E-state index >= 15 is 0 Å². The Bertz CT molecular complexity index is 595. The minimum atomic E-state index is -0.232. The molecular formula is C16H16BrClO. The van der Waals surface area contributed by atoms with Crippen LogP contribution in [-0.4, -0.2) is 7.11 Å². The third kappa shape index (κ3) is 3.13. The molecule has 0 saturated carbocycles. The van der Waals surface area contributed by atoms with Crippen molar-refractivity contribution in [1.29, 1.82) is 0 Å². The van der Waals surface area contributed by atoms with Gasteiger partial charge in [-0.15, -0.1) is 11.6 Å². The normalized spacial score (nSPS) is 12.3. The molecule has 0 aromatic heterocycles. The molecule has 2 aromatic rings. The number of rotatable bonds is 3. The largest absolute Gasteiger partial charge is 0.496 e. The third-order valence-electron chi connectivity index (χ3n) is 3.08. The smallest absolute Gasteiger partial charge is 0.123 e. The Morgan fingerprint density at radius 3 is 2.21 bits per heavy atom. The highest BCUT2D eigenvalue weighted by Gasteiger charge is 2.18. The van der Waals surface area contributed by atoms with Crippen LogP contribution in [0.15, 0.2) is 40.9 Å². The van der Waals surface area contributed by atoms with Gasteiger partial charge in [0.1, 0.15) is 5.75 Å². The fourth-order valence-electron chi connectivity index (χ4n) is 2.08. The minimum Gasteiger partial charge on any atom is -0.496 e. The first kappa shape index (κ1) is 14.4. The van der Waals surface area contributed by atoms with Crippen molar-refractivity contribution in [2.24, 2.45) is 0 Å². The highest BCUT2D eigenvalue weighted by Crippen LogP contribution is 2.39. The van der Waals surface area contributed by atoms with Gasteiger partial charge in [0.05, 0.1) is 12.5 Å². The van der Waals surface area contributed by atoms with E-state index in [4.69, 9.17) is 16.3 Å². The molecule has 0 spiro atoms. The Kier molecular flexibility index (Phi) is 4.54. The number of ether oxygens (including phenoxy) is 1. The maximum atomic E-state index is 6.65. The van der Waals surface area contributed by atoms with Crippen molar-refractivity contribution in [3.63, 3.8) is 0 Å². The zero-order chi connectivity index (χ0) is 14.0. The second kappa shape index (κ2) is 5.98. The number of methoxy groups -OCH3 is 1. The van der Waals surface area contributed by atoms with Gasteiger partial charge in [0.15, 0.2) is 0 Å². The predicted octanol–water partition coefficient (Wildman–Crippen LogP) is 5.40. The summed E-state index contributed by atoms with van der Waals surface area (Å²) in [6, 6.07) is 12.3. The quantitative estimate of drug-likeness (QED) is 0.680. The van der Waals surface area contributed by atoms with E-state index in [9.17, 15) is 0 Å². The van der Waals surface area contributed by atoms with Crippen molar-refractivity contribution in [2.75, 3.05) is 7.11 Å². The maximum Gasteiger partial charge on any atom is 0.123 e. The van der Waals surface area contributed by atoms with Gasteiger partial charge < -0.3 is 4.74 Å². The topological polar surface area (TPSA) is 9.23 Å². The van der Waals surface area contributed by atoms with Crippen LogP contribution in [-0.2, 0) is 0 Å². The fourth-order valence-corrected chi connectivity index (χ4v) is 3.04. The Hall–Kier alpha value is -0.990. The van der Waals surface area contributed by atoms with Crippen LogP contribution in [0, 0.1) is 13.8 Å². The van der Waals surface area contributed by atoms with Crippen LogP contribution in [0.4, 0.5) is 0 Å². The number of aryl methyl sites for hydroxylation is 2. The molecule has 1 atom stereocenters. The fraction of sp³-hybridized carbons (Fsp3) is 0.250. The Morgan fingerprint density at radius 2 is 1.58 bits per heavy atom. The molecule has 19 heavy (non-hydrogen) atoms. The third-order valence-corrected chi connectivity index (χ3v) is 4.28. The molecule has 0 radical (unpaired) electrons. The number of alkyl halides is 1. The molecule has 1 unspecified atom stereocenters. The highest BCUT2D eigenvalue weighted by atomic mass is 79.9. The van der Waals surface area contributed by atoms with E-state index in [0.717, 1.165) is 21.3 Å². The lowest BCUT2D eigenvalue weighted by atomic mass is 10.00. The van der Waals surface area contributed by atoms with Gasteiger partial charge in [0.2, 0.25) is 0 Å². The van der Waals surface area contributed by atoms with Crippen molar-refractivity contribution in [3.05, 3.63) is 63.1 Å². The van der Waals surface area contributed by atoms with Gasteiger partial charge in [-0.25, -0.2) is 0 Å². The first-order chi connectivity index (χ1) is 9.02. The monoisotopic (exact) mass is 338 g/mol. The Labute approximate surface area is 127 Å². The van der Waals surface area contributed by atoms with Gasteiger partial charge >= 0.3 is 0 Å². The summed E-state index contributed by atoms with van der Waals surface area (Å²) in [4.78, 5) is 0. The average molecular weight is 340 g/mol. The molecule has 0 fully saturated rings. The molecule has 0 saturated heterocycles. The van der Waals surface area contributed by atoms with E-state index in [1.807, 2.05) is 18.2 Å². The summed E-state index contributed by atoms with van der Waals surface area (Å²) in [6.45, 7) is 4.12. The summed E-state index contributed by atoms with van der Waals surface area (Å²) < 4.78 is 6.43. The predicted molar refractivity (Wildman–Crippen MR) is 84.3 cm³/mol. The Balaban J connectivity index is 2.51. The standard InChI is InChI=1S/C16H16BrClO/c1-10-4-6-14(17)12(8-10)16(18)13-9-11(2)5-7-15(13)19-3/h4-9,16H,1-3H3. The molecular weight excluding hydrogens is 324 g/mol. The van der Waals surface area contributed by atoms with E-state index in [-0.39, 0.29) is 5.38 Å². The second-order valence-corrected chi connectivity index (χ2v) is 5.92. The van der Waals surface area contributed by atoms with Gasteiger partial charge in [-0.1, -0.05) is 51.3 Å². The van der Waals surface area contributed by atoms with E-state index < -0.39 is 0 Å². The van der Waals surface area contributed by atoms with E-state index in [2.05, 4.69) is 48.0 Å². The van der Waals surface area contributed by atoms with Crippen molar-refractivity contribution in [2.45, 2.75) is 19.2 Å². The van der Waals surface area contributed by atoms with Gasteiger partial charge in [0.25, 0.3) is 0 Å². The summed E-state index contributed by atoms with van der Waals surface area (Å²) in [5, 5.41) is -0.232. The van der Waals surface area contributed by atoms with Crippen molar-refractivity contribution >= 4 is 27.5 Å². The van der Waals surface area contributed by atoms with Gasteiger partial charge in [0, 0.05) is 10.0 Å². The summed E-state index contributed by atoms with van der Waals surface area (Å²) in [6.07, 6.45) is 0. The molecule has 0 amide bonds. The zero-order valence-electron chi connectivity index (χ0n) is 11.2. The van der Waals surface area contributed by atoms with Gasteiger partial charge in [-0.05, 0) is 31.5 Å². The summed E-state index contributed by atoms with van der Waals surface area (Å²) in [7, 11) is 1.67. The SMILES string of the molecule is COc1ccc(C)cc1C(Cl)c1cc(C)ccc1Br. The first-order valence-electron chi connectivity index (χ1n) is 6.07. The van der Waals surface area contributed by atoms with Gasteiger partial charge in [-0.2, -0.15) is 0 Å². The van der Waals surface area contributed by atoms with E-state index in [1.54, 1.807) is 7.11 Å². The number of benzene rings is 2. The average Bonchev–Trinajstić information content (AvgIpc) is 2.40. The van der Waals surface area contributed by atoms with Crippen LogP contribution in [0.25, 0.3) is 0 Å². The molecule has 1 nitrogen and oxygen atoms in total. The highest BCUT2D eigenvalue weighted by molar-refractivity contribution is 9.10. The van der Waals surface area contributed by atoms with Crippen LogP contribution in [0.5, 0.6) is 5.75 Å². The van der Waals surface area contributed by atoms with E-state index in [1.165, 1.54) is 11.1 Å². The zero-order valence-corrected chi connectivity index (χ0v) is 13.5. The summed E-state index contributed by atoms with van der Waals surface area (Å²) in [5.41, 5.74) is 4.42. The lowest BCUT2D eigenvalue weighted by Crippen LogP contribution is -1.99. The minimum absolute atomic E-state index is 0.232. The maximum absolute atomic E-state index is 6.65. The molecule has 0 aliphatic carbocycles. The van der Waals surface area contributed by atoms with Crippen LogP contribution < -0.4 is 4.74 Å².